The normalized spacial score (nSPS) is 13.9. The molecule has 3 N–H and O–H groups in total. The number of sulfonamides is 1. The van der Waals surface area contributed by atoms with E-state index in [1.54, 1.807) is 17.7 Å². The van der Waals surface area contributed by atoms with Crippen molar-refractivity contribution in [1.29, 1.82) is 0 Å². The van der Waals surface area contributed by atoms with Crippen LogP contribution >= 0.6 is 0 Å². The highest BCUT2D eigenvalue weighted by Gasteiger charge is 2.32. The van der Waals surface area contributed by atoms with Crippen molar-refractivity contribution in [3.8, 4) is 0 Å². The number of hydrogen-bond donors (Lipinski definition) is 3. The Morgan fingerprint density at radius 1 is 1.26 bits per heavy atom. The molecule has 0 aromatic carbocycles. The summed E-state index contributed by atoms with van der Waals surface area (Å²) >= 11 is 0. The van der Waals surface area contributed by atoms with Crippen LogP contribution in [0.25, 0.3) is 0 Å². The Morgan fingerprint density at radius 2 is 1.93 bits per heavy atom. The van der Waals surface area contributed by atoms with Crippen molar-refractivity contribution in [2.45, 2.75) is 18.7 Å². The SMILES string of the molecule is COC(=O)c1c(S(=O)(=O)NC(=O)NN2N=C(OC)C=C(C)N2)c(C)nn1C. The Morgan fingerprint density at radius 3 is 2.52 bits per heavy atom. The molecule has 13 nitrogen and oxygen atoms in total. The average molecular weight is 401 g/mol. The second-order valence-electron chi connectivity index (χ2n) is 5.32. The highest BCUT2D eigenvalue weighted by Crippen LogP contribution is 2.20. The minimum atomic E-state index is -4.43. The monoisotopic (exact) mass is 401 g/mol. The molecule has 148 valence electrons. The zero-order chi connectivity index (χ0) is 20.4. The number of aryl methyl sites for hydroxylation is 2. The fourth-order valence-electron chi connectivity index (χ4n) is 2.26. The topological polar surface area (TPSA) is 156 Å². The van der Waals surface area contributed by atoms with Crippen LogP contribution in [0, 0.1) is 6.92 Å². The van der Waals surface area contributed by atoms with Crippen LogP contribution in [0.1, 0.15) is 23.1 Å². The Bertz CT molecular complexity index is 933. The average Bonchev–Trinajstić information content (AvgIpc) is 2.87. The van der Waals surface area contributed by atoms with Gasteiger partial charge >= 0.3 is 12.0 Å². The number of nitrogens with one attached hydrogen (secondary N) is 3. The lowest BCUT2D eigenvalue weighted by molar-refractivity contribution is 0.0583. The first kappa shape index (κ1) is 20.0. The van der Waals surface area contributed by atoms with E-state index in [2.05, 4.69) is 25.8 Å². The minimum absolute atomic E-state index is 0.0211. The molecule has 1 aliphatic heterocycles. The third-order valence-corrected chi connectivity index (χ3v) is 4.76. The molecular weight excluding hydrogens is 382 g/mol. The molecule has 14 heteroatoms. The second kappa shape index (κ2) is 7.53. The third kappa shape index (κ3) is 4.28. The largest absolute Gasteiger partial charge is 0.480 e. The van der Waals surface area contributed by atoms with E-state index in [-0.39, 0.29) is 17.3 Å². The van der Waals surface area contributed by atoms with Gasteiger partial charge in [0, 0.05) is 18.8 Å². The van der Waals surface area contributed by atoms with E-state index in [1.807, 2.05) is 0 Å². The van der Waals surface area contributed by atoms with Gasteiger partial charge in [-0.25, -0.2) is 28.2 Å². The molecule has 0 aliphatic carbocycles. The highest BCUT2D eigenvalue weighted by atomic mass is 32.2. The van der Waals surface area contributed by atoms with Gasteiger partial charge in [-0.2, -0.15) is 5.10 Å². The Balaban J connectivity index is 2.22. The maximum absolute atomic E-state index is 12.6. The maximum atomic E-state index is 12.6. The Hall–Kier alpha value is -3.29. The van der Waals surface area contributed by atoms with Crippen LogP contribution in [0.5, 0.6) is 0 Å². The molecule has 1 aliphatic rings. The zero-order valence-electron chi connectivity index (χ0n) is 15.2. The van der Waals surface area contributed by atoms with E-state index >= 15 is 0 Å². The molecule has 0 saturated carbocycles. The van der Waals surface area contributed by atoms with E-state index in [9.17, 15) is 18.0 Å². The number of hydrazone groups is 1. The van der Waals surface area contributed by atoms with Crippen LogP contribution in [0.2, 0.25) is 0 Å². The van der Waals surface area contributed by atoms with Gasteiger partial charge in [-0.1, -0.05) is 5.10 Å². The molecule has 2 amide bonds. The van der Waals surface area contributed by atoms with Crippen LogP contribution < -0.4 is 15.6 Å². The number of hydrogen-bond acceptors (Lipinski definition) is 10. The van der Waals surface area contributed by atoms with Crippen LogP contribution in [-0.2, 0) is 26.5 Å². The quantitative estimate of drug-likeness (QED) is 0.544. The molecule has 27 heavy (non-hydrogen) atoms. The van der Waals surface area contributed by atoms with Crippen molar-refractivity contribution in [3.63, 3.8) is 0 Å². The number of urea groups is 1. The summed E-state index contributed by atoms with van der Waals surface area (Å²) in [6, 6.07) is -1.13. The van der Waals surface area contributed by atoms with Crippen LogP contribution in [-0.4, -0.2) is 55.5 Å². The van der Waals surface area contributed by atoms with Crippen LogP contribution in [0.4, 0.5) is 4.79 Å². The first-order valence-corrected chi connectivity index (χ1v) is 8.90. The number of methoxy groups -OCH3 is 2. The second-order valence-corrected chi connectivity index (χ2v) is 6.94. The van der Waals surface area contributed by atoms with Crippen molar-refractivity contribution in [2.24, 2.45) is 12.1 Å². The van der Waals surface area contributed by atoms with E-state index in [0.717, 1.165) is 17.0 Å². The van der Waals surface area contributed by atoms with Crippen LogP contribution in [0.3, 0.4) is 0 Å². The van der Waals surface area contributed by atoms with Crippen molar-refractivity contribution < 1.29 is 27.5 Å². The first-order chi connectivity index (χ1) is 12.6. The number of allylic oxidation sites excluding steroid dienone is 1. The van der Waals surface area contributed by atoms with E-state index < -0.39 is 26.9 Å². The highest BCUT2D eigenvalue weighted by molar-refractivity contribution is 7.90. The van der Waals surface area contributed by atoms with E-state index in [1.165, 1.54) is 21.1 Å². The van der Waals surface area contributed by atoms with Gasteiger partial charge < -0.3 is 9.47 Å². The number of ether oxygens (including phenoxy) is 2. The summed E-state index contributed by atoms with van der Waals surface area (Å²) in [6.45, 7) is 3.06. The van der Waals surface area contributed by atoms with Gasteiger partial charge in [-0.05, 0) is 13.8 Å². The number of carbonyl (C=O) groups excluding carboxylic acids is 2. The van der Waals surface area contributed by atoms with Gasteiger partial charge in [0.05, 0.1) is 19.9 Å². The van der Waals surface area contributed by atoms with Crippen LogP contribution in [0.15, 0.2) is 21.8 Å². The van der Waals surface area contributed by atoms with Gasteiger partial charge in [0.1, 0.15) is 4.90 Å². The molecular formula is C13H19N7O6S. The molecule has 0 radical (unpaired) electrons. The summed E-state index contributed by atoms with van der Waals surface area (Å²) < 4.78 is 37.6. The van der Waals surface area contributed by atoms with Crippen molar-refractivity contribution in [3.05, 3.63) is 23.2 Å². The van der Waals surface area contributed by atoms with Crippen molar-refractivity contribution >= 4 is 27.9 Å². The molecule has 2 heterocycles. The summed E-state index contributed by atoms with van der Waals surface area (Å²) in [5, 5.41) is 8.63. The van der Waals surface area contributed by atoms with Crippen molar-refractivity contribution in [1.82, 2.24) is 30.6 Å². The van der Waals surface area contributed by atoms with Crippen molar-refractivity contribution in [2.75, 3.05) is 14.2 Å². The van der Waals surface area contributed by atoms with E-state index in [0.29, 0.717) is 5.70 Å². The van der Waals surface area contributed by atoms with E-state index in [4.69, 9.17) is 4.74 Å². The molecule has 0 atom stereocenters. The lowest BCUT2D eigenvalue weighted by atomic mass is 10.4. The number of carbonyl (C=O) groups is 2. The lowest BCUT2D eigenvalue weighted by Crippen LogP contribution is -2.53. The Kier molecular flexibility index (Phi) is 5.58. The predicted octanol–water partition coefficient (Wildman–Crippen LogP) is -0.898. The molecule has 0 bridgehead atoms. The smallest absolute Gasteiger partial charge is 0.357 e. The molecule has 1 aromatic rings. The standard InChI is InChI=1S/C13H19N7O6S/c1-7-6-9(25-4)16-20(14-7)17-13(22)18-27(23,24)11-8(2)15-19(3)10(11)12(21)26-5/h6,14H,1-5H3,(H2,17,18,22). The molecule has 0 spiro atoms. The molecule has 2 rings (SSSR count). The molecule has 0 fully saturated rings. The van der Waals surface area contributed by atoms with Gasteiger partial charge in [0.25, 0.3) is 10.0 Å². The van der Waals surface area contributed by atoms with Gasteiger partial charge in [-0.3, -0.25) is 10.1 Å². The third-order valence-electron chi connectivity index (χ3n) is 3.28. The zero-order valence-corrected chi connectivity index (χ0v) is 16.0. The first-order valence-electron chi connectivity index (χ1n) is 7.42. The predicted molar refractivity (Wildman–Crippen MR) is 91.3 cm³/mol. The number of esters is 1. The summed E-state index contributed by atoms with van der Waals surface area (Å²) in [5.41, 5.74) is 5.12. The molecule has 1 aromatic heterocycles. The number of aromatic nitrogens is 2. The lowest BCUT2D eigenvalue weighted by Gasteiger charge is -2.24. The van der Waals surface area contributed by atoms with Gasteiger partial charge in [0.2, 0.25) is 5.90 Å². The summed E-state index contributed by atoms with van der Waals surface area (Å²) in [5.74, 6) is -0.725. The summed E-state index contributed by atoms with van der Waals surface area (Å²) in [7, 11) is -0.566. The minimum Gasteiger partial charge on any atom is -0.480 e. The fourth-order valence-corrected chi connectivity index (χ4v) is 3.56. The van der Waals surface area contributed by atoms with Gasteiger partial charge in [0.15, 0.2) is 5.69 Å². The van der Waals surface area contributed by atoms with Gasteiger partial charge in [-0.15, -0.1) is 5.23 Å². The molecule has 0 saturated heterocycles. The number of rotatable bonds is 4. The fraction of sp³-hybridized carbons (Fsp3) is 0.385. The maximum Gasteiger partial charge on any atom is 0.357 e. The number of hydrazine groups is 2. The molecule has 0 unspecified atom stereocenters. The Labute approximate surface area is 155 Å². The summed E-state index contributed by atoms with van der Waals surface area (Å²) in [4.78, 5) is 23.5. The summed E-state index contributed by atoms with van der Waals surface area (Å²) in [6.07, 6.45) is 1.56. The number of nitrogens with zero attached hydrogens (tertiary/aromatic N) is 4. The number of amides is 2.